The largest absolute Gasteiger partial charge is 1.00 e. The van der Waals surface area contributed by atoms with Crippen molar-refractivity contribution in [2.24, 2.45) is 0 Å². The fourth-order valence-corrected chi connectivity index (χ4v) is 3.60. The van der Waals surface area contributed by atoms with E-state index >= 15 is 0 Å². The van der Waals surface area contributed by atoms with Gasteiger partial charge < -0.3 is 71.9 Å². The Bertz CT molecular complexity index is 557. The van der Waals surface area contributed by atoms with E-state index < -0.39 is 60.1 Å². The summed E-state index contributed by atoms with van der Waals surface area (Å²) in [7, 11) is -18.1. The second-order valence-corrected chi connectivity index (χ2v) is 7.84. The molecule has 6 atom stereocenters. The topological polar surface area (TPSA) is 278 Å². The molecule has 0 aliphatic heterocycles. The van der Waals surface area contributed by atoms with Crippen LogP contribution in [0, 0.1) is 0 Å². The van der Waals surface area contributed by atoms with Crippen LogP contribution in [0.4, 0.5) is 0 Å². The van der Waals surface area contributed by atoms with Gasteiger partial charge >= 0.3 is 177 Å². The van der Waals surface area contributed by atoms with E-state index in [9.17, 15) is 58.4 Å². The van der Waals surface area contributed by atoms with E-state index in [0.29, 0.717) is 0 Å². The monoisotopic (exact) mass is 552 g/mol. The van der Waals surface area contributed by atoms with Crippen molar-refractivity contribution in [3.05, 3.63) is 0 Å². The number of rotatable bonds is 6. The Kier molecular flexibility index (Phi) is 33.1. The zero-order valence-electron chi connectivity index (χ0n) is 17.0. The minimum absolute atomic E-state index is 0. The third kappa shape index (κ3) is 18.5. The molecule has 144 valence electrons. The molecule has 2 unspecified atom stereocenters. The second kappa shape index (κ2) is 20.2. The zero-order chi connectivity index (χ0) is 19.1. The van der Waals surface area contributed by atoms with Crippen LogP contribution in [0.1, 0.15) is 0 Å². The molecule has 3 N–H and O–H groups in total. The molecular formula is C6H9Na6O15P3. The summed E-state index contributed by atoms with van der Waals surface area (Å²) in [4.78, 5) is 63.9. The summed E-state index contributed by atoms with van der Waals surface area (Å²) in [5.41, 5.74) is 0. The van der Waals surface area contributed by atoms with Crippen LogP contribution >= 0.6 is 23.5 Å². The van der Waals surface area contributed by atoms with Crippen LogP contribution in [0.5, 0.6) is 0 Å². The molecule has 24 heteroatoms. The first-order valence-corrected chi connectivity index (χ1v) is 10.1. The van der Waals surface area contributed by atoms with Gasteiger partial charge in [0, 0.05) is 0 Å². The van der Waals surface area contributed by atoms with Crippen LogP contribution in [0.2, 0.25) is 0 Å². The van der Waals surface area contributed by atoms with Crippen molar-refractivity contribution in [2.75, 3.05) is 0 Å². The molecule has 0 spiro atoms. The third-order valence-electron chi connectivity index (χ3n) is 2.77. The van der Waals surface area contributed by atoms with E-state index in [1.165, 1.54) is 0 Å². The first-order chi connectivity index (χ1) is 10.5. The first-order valence-electron chi connectivity index (χ1n) is 5.67. The Labute approximate surface area is 303 Å². The molecule has 0 aromatic heterocycles. The molecule has 15 nitrogen and oxygen atoms in total. The van der Waals surface area contributed by atoms with Crippen LogP contribution in [0.3, 0.4) is 0 Å². The van der Waals surface area contributed by atoms with Crippen molar-refractivity contribution in [2.45, 2.75) is 36.6 Å². The second-order valence-electron chi connectivity index (χ2n) is 4.52. The van der Waals surface area contributed by atoms with Gasteiger partial charge in [0.05, 0.1) is 23.5 Å². The average molecular weight is 552 g/mol. The van der Waals surface area contributed by atoms with E-state index in [1.54, 1.807) is 0 Å². The summed E-state index contributed by atoms with van der Waals surface area (Å²) in [6.07, 6.45) is -15.7. The summed E-state index contributed by atoms with van der Waals surface area (Å²) in [6.45, 7) is 0. The number of hydrogen-bond acceptors (Lipinski definition) is 15. The predicted octanol–water partition coefficient (Wildman–Crippen LogP) is -25.3. The van der Waals surface area contributed by atoms with Crippen LogP contribution in [0.15, 0.2) is 0 Å². The van der Waals surface area contributed by atoms with Gasteiger partial charge in [0.25, 0.3) is 0 Å². The van der Waals surface area contributed by atoms with Crippen LogP contribution in [0.25, 0.3) is 0 Å². The molecule has 1 aliphatic rings. The quantitative estimate of drug-likeness (QED) is 0.204. The SMILES string of the molecule is O=P([O-])([O-])OC1[C@@H](OP(=O)([O-])[O-])[C@H](O)C(O)[C@@H](O)[C@H]1OP(=O)([O-])[O-].[Na+].[Na+].[Na+].[Na+].[Na+].[Na+]. The van der Waals surface area contributed by atoms with Gasteiger partial charge in [0.15, 0.2) is 0 Å². The Morgan fingerprint density at radius 1 is 0.467 bits per heavy atom. The van der Waals surface area contributed by atoms with Crippen molar-refractivity contribution in [1.29, 1.82) is 0 Å². The number of aliphatic hydroxyl groups is 3. The maximum atomic E-state index is 10.7. The van der Waals surface area contributed by atoms with Crippen molar-refractivity contribution in [1.82, 2.24) is 0 Å². The number of aliphatic hydroxyl groups excluding tert-OH is 3. The number of phosphoric acid groups is 3. The van der Waals surface area contributed by atoms with E-state index in [4.69, 9.17) is 0 Å². The molecule has 1 saturated carbocycles. The van der Waals surface area contributed by atoms with Crippen LogP contribution < -0.4 is 207 Å². The molecule has 1 aliphatic carbocycles. The molecule has 1 fully saturated rings. The summed E-state index contributed by atoms with van der Waals surface area (Å²) >= 11 is 0. The van der Waals surface area contributed by atoms with Gasteiger partial charge in [-0.05, 0) is 0 Å². The van der Waals surface area contributed by atoms with E-state index in [-0.39, 0.29) is 177 Å². The summed E-state index contributed by atoms with van der Waals surface area (Å²) in [6, 6.07) is 0. The predicted molar refractivity (Wildman–Crippen MR) is 55.5 cm³/mol. The standard InChI is InChI=1S/C6H15O15P3.6Na/c7-1-2(8)4(19-22(10,11)12)6(21-24(16,17)18)5(3(1)9)20-23(13,14)15;;;;;;/h1-9H,(H2,10,11,12)(H2,13,14,15)(H2,16,17,18);;;;;;/q;6*+1/p-6/t1?,2-,3-,4-,5+,6?;;;;;;/m1....../s1. The molecule has 0 aromatic rings. The maximum absolute atomic E-state index is 10.7. The Morgan fingerprint density at radius 3 is 0.867 bits per heavy atom. The number of phosphoric ester groups is 3. The first kappa shape index (κ1) is 49.2. The van der Waals surface area contributed by atoms with E-state index in [0.717, 1.165) is 0 Å². The fraction of sp³-hybridized carbons (Fsp3) is 1.00. The minimum atomic E-state index is -6.06. The Balaban J connectivity index is -0.000000240. The average Bonchev–Trinajstić information content (AvgIpc) is 2.32. The molecule has 0 amide bonds. The summed E-state index contributed by atoms with van der Waals surface area (Å²) in [5, 5.41) is 28.6. The molecular weight excluding hydrogens is 543 g/mol. The molecule has 0 aromatic carbocycles. The van der Waals surface area contributed by atoms with E-state index in [1.807, 2.05) is 0 Å². The van der Waals surface area contributed by atoms with Gasteiger partial charge in [-0.2, -0.15) is 0 Å². The molecule has 30 heavy (non-hydrogen) atoms. The normalized spacial score (nSPS) is 28.7. The van der Waals surface area contributed by atoms with Gasteiger partial charge in [-0.1, -0.05) is 0 Å². The van der Waals surface area contributed by atoms with Crippen molar-refractivity contribution in [3.8, 4) is 0 Å². The number of hydrogen-bond donors (Lipinski definition) is 3. The molecule has 0 radical (unpaired) electrons. The van der Waals surface area contributed by atoms with Crippen LogP contribution in [-0.4, -0.2) is 51.9 Å². The summed E-state index contributed by atoms with van der Waals surface area (Å²) in [5.74, 6) is 0. The Morgan fingerprint density at radius 2 is 0.667 bits per heavy atom. The maximum Gasteiger partial charge on any atom is 1.00 e. The molecule has 1 rings (SSSR count). The van der Waals surface area contributed by atoms with Gasteiger partial charge in [-0.25, -0.2) is 0 Å². The minimum Gasteiger partial charge on any atom is -0.790 e. The fourth-order valence-electron chi connectivity index (χ4n) is 1.98. The smallest absolute Gasteiger partial charge is 0.790 e. The van der Waals surface area contributed by atoms with Crippen molar-refractivity contribution >= 4 is 23.5 Å². The third-order valence-corrected chi connectivity index (χ3v) is 4.28. The summed E-state index contributed by atoms with van der Waals surface area (Å²) < 4.78 is 43.2. The van der Waals surface area contributed by atoms with Gasteiger partial charge in [-0.15, -0.1) is 0 Å². The molecule has 0 heterocycles. The Hall–Kier alpha value is 6.21. The van der Waals surface area contributed by atoms with Gasteiger partial charge in [-0.3, -0.25) is 0 Å². The van der Waals surface area contributed by atoms with Gasteiger partial charge in [0.1, 0.15) is 36.6 Å². The molecule has 0 saturated heterocycles. The van der Waals surface area contributed by atoms with Gasteiger partial charge in [0.2, 0.25) is 0 Å². The zero-order valence-corrected chi connectivity index (χ0v) is 31.7. The van der Waals surface area contributed by atoms with Crippen molar-refractivity contribution < 1.29 is 249 Å². The van der Waals surface area contributed by atoms with Crippen LogP contribution in [-0.2, 0) is 27.3 Å². The van der Waals surface area contributed by atoms with Crippen molar-refractivity contribution in [3.63, 3.8) is 0 Å². The van der Waals surface area contributed by atoms with E-state index in [2.05, 4.69) is 13.6 Å². The molecule has 0 bridgehead atoms.